The second-order valence-electron chi connectivity index (χ2n) is 8.06. The SMILES string of the molecule is COc1cc2c(NCc3ccc(F)cc3)cc(C)nc2cc1OCCCN1CCCC1. The van der Waals surface area contributed by atoms with Crippen molar-refractivity contribution in [2.45, 2.75) is 32.7 Å². The number of rotatable bonds is 9. The fourth-order valence-corrected chi connectivity index (χ4v) is 4.06. The molecule has 0 bridgehead atoms. The van der Waals surface area contributed by atoms with Gasteiger partial charge in [0.1, 0.15) is 5.82 Å². The van der Waals surface area contributed by atoms with Gasteiger partial charge in [0.2, 0.25) is 0 Å². The number of methoxy groups -OCH3 is 1. The van der Waals surface area contributed by atoms with E-state index in [-0.39, 0.29) is 5.82 Å². The van der Waals surface area contributed by atoms with Crippen LogP contribution in [0.1, 0.15) is 30.5 Å². The van der Waals surface area contributed by atoms with Gasteiger partial charge in [0.05, 0.1) is 19.2 Å². The summed E-state index contributed by atoms with van der Waals surface area (Å²) in [5.74, 6) is 1.19. The molecule has 6 heteroatoms. The number of fused-ring (bicyclic) bond motifs is 1. The summed E-state index contributed by atoms with van der Waals surface area (Å²) in [7, 11) is 1.66. The minimum atomic E-state index is -0.230. The van der Waals surface area contributed by atoms with Crippen LogP contribution in [-0.2, 0) is 6.54 Å². The number of aromatic nitrogens is 1. The molecule has 1 saturated heterocycles. The summed E-state index contributed by atoms with van der Waals surface area (Å²) in [5, 5.41) is 4.42. The maximum Gasteiger partial charge on any atom is 0.163 e. The fraction of sp³-hybridized carbons (Fsp3) is 0.400. The van der Waals surface area contributed by atoms with E-state index >= 15 is 0 Å². The van der Waals surface area contributed by atoms with Crippen molar-refractivity contribution in [1.82, 2.24) is 9.88 Å². The van der Waals surface area contributed by atoms with Gasteiger partial charge in [0.15, 0.2) is 11.5 Å². The monoisotopic (exact) mass is 423 g/mol. The van der Waals surface area contributed by atoms with Crippen LogP contribution >= 0.6 is 0 Å². The molecule has 0 atom stereocenters. The molecule has 0 aliphatic carbocycles. The number of hydrogen-bond donors (Lipinski definition) is 1. The third kappa shape index (κ3) is 5.44. The van der Waals surface area contributed by atoms with E-state index in [1.165, 1.54) is 38.1 Å². The summed E-state index contributed by atoms with van der Waals surface area (Å²) in [6, 6.07) is 12.5. The quantitative estimate of drug-likeness (QED) is 0.481. The second kappa shape index (κ2) is 9.96. The van der Waals surface area contributed by atoms with Gasteiger partial charge >= 0.3 is 0 Å². The van der Waals surface area contributed by atoms with Crippen LogP contribution in [0.5, 0.6) is 11.5 Å². The highest BCUT2D eigenvalue weighted by molar-refractivity contribution is 5.94. The zero-order valence-corrected chi connectivity index (χ0v) is 18.3. The van der Waals surface area contributed by atoms with Crippen LogP contribution in [0, 0.1) is 12.7 Å². The number of ether oxygens (including phenoxy) is 2. The molecule has 1 aliphatic heterocycles. The van der Waals surface area contributed by atoms with Crippen molar-refractivity contribution in [2.75, 3.05) is 38.7 Å². The molecule has 1 fully saturated rings. The van der Waals surface area contributed by atoms with E-state index in [0.29, 0.717) is 18.9 Å². The Morgan fingerprint density at radius 2 is 1.84 bits per heavy atom. The van der Waals surface area contributed by atoms with Crippen molar-refractivity contribution in [3.8, 4) is 11.5 Å². The largest absolute Gasteiger partial charge is 0.493 e. The minimum Gasteiger partial charge on any atom is -0.493 e. The first-order valence-corrected chi connectivity index (χ1v) is 11.0. The van der Waals surface area contributed by atoms with Gasteiger partial charge < -0.3 is 19.7 Å². The highest BCUT2D eigenvalue weighted by Gasteiger charge is 2.13. The summed E-state index contributed by atoms with van der Waals surface area (Å²) >= 11 is 0. The first-order chi connectivity index (χ1) is 15.1. The summed E-state index contributed by atoms with van der Waals surface area (Å²) < 4.78 is 24.8. The van der Waals surface area contributed by atoms with Crippen molar-refractivity contribution in [1.29, 1.82) is 0 Å². The minimum absolute atomic E-state index is 0.230. The highest BCUT2D eigenvalue weighted by atomic mass is 19.1. The first kappa shape index (κ1) is 21.4. The Morgan fingerprint density at radius 1 is 1.06 bits per heavy atom. The van der Waals surface area contributed by atoms with Crippen LogP contribution in [0.4, 0.5) is 10.1 Å². The lowest BCUT2D eigenvalue weighted by molar-refractivity contribution is 0.254. The van der Waals surface area contributed by atoms with E-state index in [1.54, 1.807) is 19.2 Å². The molecule has 1 aromatic heterocycles. The van der Waals surface area contributed by atoms with E-state index < -0.39 is 0 Å². The van der Waals surface area contributed by atoms with Crippen molar-refractivity contribution in [3.05, 3.63) is 59.5 Å². The molecule has 31 heavy (non-hydrogen) atoms. The summed E-state index contributed by atoms with van der Waals surface area (Å²) in [6.07, 6.45) is 3.61. The molecule has 2 aromatic carbocycles. The van der Waals surface area contributed by atoms with Gasteiger partial charge in [0.25, 0.3) is 0 Å². The third-order valence-corrected chi connectivity index (χ3v) is 5.69. The number of aryl methyl sites for hydroxylation is 1. The molecule has 5 nitrogen and oxygen atoms in total. The van der Waals surface area contributed by atoms with Gasteiger partial charge in [0, 0.05) is 35.9 Å². The molecule has 0 unspecified atom stereocenters. The van der Waals surface area contributed by atoms with Crippen LogP contribution in [0.15, 0.2) is 42.5 Å². The molecule has 1 N–H and O–H groups in total. The Bertz CT molecular complexity index is 1020. The van der Waals surface area contributed by atoms with Crippen molar-refractivity contribution in [2.24, 2.45) is 0 Å². The molecule has 0 spiro atoms. The number of anilines is 1. The van der Waals surface area contributed by atoms with Gasteiger partial charge in [-0.1, -0.05) is 12.1 Å². The van der Waals surface area contributed by atoms with E-state index in [1.807, 2.05) is 25.1 Å². The van der Waals surface area contributed by atoms with Crippen molar-refractivity contribution >= 4 is 16.6 Å². The standard InChI is InChI=1S/C25H30FN3O2/c1-18-14-22(27-17-19-6-8-20(26)9-7-19)21-15-24(30-2)25(16-23(21)28-18)31-13-5-12-29-10-3-4-11-29/h6-9,14-16H,3-5,10-13,17H2,1-2H3,(H,27,28). The average molecular weight is 424 g/mol. The van der Waals surface area contributed by atoms with Crippen LogP contribution in [0.3, 0.4) is 0 Å². The molecule has 1 aliphatic rings. The molecule has 2 heterocycles. The molecule has 3 aromatic rings. The van der Waals surface area contributed by atoms with Gasteiger partial charge in [-0.15, -0.1) is 0 Å². The number of pyridine rings is 1. The Morgan fingerprint density at radius 3 is 2.58 bits per heavy atom. The van der Waals surface area contributed by atoms with Crippen LogP contribution < -0.4 is 14.8 Å². The summed E-state index contributed by atoms with van der Waals surface area (Å²) in [6.45, 7) is 6.70. The molecular weight excluding hydrogens is 393 g/mol. The Kier molecular flexibility index (Phi) is 6.87. The molecule has 0 radical (unpaired) electrons. The maximum atomic E-state index is 13.2. The molecule has 4 rings (SSSR count). The fourth-order valence-electron chi connectivity index (χ4n) is 4.06. The lowest BCUT2D eigenvalue weighted by Crippen LogP contribution is -2.21. The number of nitrogens with zero attached hydrogens (tertiary/aromatic N) is 2. The van der Waals surface area contributed by atoms with E-state index in [2.05, 4.69) is 10.2 Å². The molecule has 0 saturated carbocycles. The van der Waals surface area contributed by atoms with Gasteiger partial charge in [-0.3, -0.25) is 4.98 Å². The third-order valence-electron chi connectivity index (χ3n) is 5.69. The van der Waals surface area contributed by atoms with E-state index in [0.717, 1.165) is 46.6 Å². The predicted octanol–water partition coefficient (Wildman–Crippen LogP) is 5.17. The second-order valence-corrected chi connectivity index (χ2v) is 8.06. The molecule has 164 valence electrons. The van der Waals surface area contributed by atoms with Crippen molar-refractivity contribution in [3.63, 3.8) is 0 Å². The summed E-state index contributed by atoms with van der Waals surface area (Å²) in [5.41, 5.74) is 3.75. The lowest BCUT2D eigenvalue weighted by atomic mass is 10.1. The number of nitrogens with one attached hydrogen (secondary N) is 1. The van der Waals surface area contributed by atoms with E-state index in [9.17, 15) is 4.39 Å². The predicted molar refractivity (Wildman–Crippen MR) is 123 cm³/mol. The van der Waals surface area contributed by atoms with Gasteiger partial charge in [-0.2, -0.15) is 0 Å². The number of benzene rings is 2. The topological polar surface area (TPSA) is 46.6 Å². The van der Waals surface area contributed by atoms with Crippen LogP contribution in [0.2, 0.25) is 0 Å². The maximum absolute atomic E-state index is 13.2. The van der Waals surface area contributed by atoms with Crippen LogP contribution in [-0.4, -0.2) is 43.2 Å². The Labute approximate surface area is 183 Å². The van der Waals surface area contributed by atoms with Crippen LogP contribution in [0.25, 0.3) is 10.9 Å². The first-order valence-electron chi connectivity index (χ1n) is 11.0. The van der Waals surface area contributed by atoms with Gasteiger partial charge in [-0.05, 0) is 69.1 Å². The summed E-state index contributed by atoms with van der Waals surface area (Å²) in [4.78, 5) is 7.19. The number of hydrogen-bond acceptors (Lipinski definition) is 5. The number of likely N-dealkylation sites (tertiary alicyclic amines) is 1. The Balaban J connectivity index is 1.49. The molecule has 0 amide bonds. The highest BCUT2D eigenvalue weighted by Crippen LogP contribution is 2.35. The number of halogens is 1. The molecular formula is C25H30FN3O2. The normalized spacial score (nSPS) is 14.2. The zero-order chi connectivity index (χ0) is 21.6. The smallest absolute Gasteiger partial charge is 0.163 e. The van der Waals surface area contributed by atoms with Crippen molar-refractivity contribution < 1.29 is 13.9 Å². The zero-order valence-electron chi connectivity index (χ0n) is 18.3. The van der Waals surface area contributed by atoms with E-state index in [4.69, 9.17) is 14.5 Å². The average Bonchev–Trinajstić information content (AvgIpc) is 3.29. The van der Waals surface area contributed by atoms with Gasteiger partial charge in [-0.25, -0.2) is 4.39 Å². The lowest BCUT2D eigenvalue weighted by Gasteiger charge is -2.17. The Hall–Kier alpha value is -2.86.